The number of anilines is 1. The van der Waals surface area contributed by atoms with Crippen LogP contribution in [0.25, 0.3) is 6.08 Å². The topological polar surface area (TPSA) is 108 Å². The van der Waals surface area contributed by atoms with Gasteiger partial charge < -0.3 is 24.6 Å². The quantitative estimate of drug-likeness (QED) is 0.470. The van der Waals surface area contributed by atoms with Gasteiger partial charge in [0.25, 0.3) is 0 Å². The molecule has 1 N–H and O–H groups in total. The van der Waals surface area contributed by atoms with Gasteiger partial charge in [0.2, 0.25) is 5.78 Å². The lowest BCUT2D eigenvalue weighted by atomic mass is 10.1. The van der Waals surface area contributed by atoms with E-state index in [0.717, 1.165) is 0 Å². The SMILES string of the molecule is CCOC(=O)COc1ccc2c(c1)OC(=Cc1cccc(N([O-])O)c1)C2=O. The summed E-state index contributed by atoms with van der Waals surface area (Å²) in [4.78, 5) is 23.8. The highest BCUT2D eigenvalue weighted by Crippen LogP contribution is 2.35. The molecule has 0 saturated carbocycles. The Balaban J connectivity index is 1.76. The van der Waals surface area contributed by atoms with Gasteiger partial charge in [-0.05, 0) is 42.8 Å². The first-order valence-electron chi connectivity index (χ1n) is 8.11. The molecule has 1 aliphatic heterocycles. The van der Waals surface area contributed by atoms with E-state index in [-0.39, 0.29) is 35.7 Å². The molecule has 1 aliphatic rings. The van der Waals surface area contributed by atoms with Crippen LogP contribution in [0.15, 0.2) is 48.2 Å². The van der Waals surface area contributed by atoms with Crippen molar-refractivity contribution in [2.24, 2.45) is 0 Å². The van der Waals surface area contributed by atoms with E-state index in [9.17, 15) is 14.8 Å². The van der Waals surface area contributed by atoms with Crippen LogP contribution in [0.5, 0.6) is 11.5 Å². The second-order valence-electron chi connectivity index (χ2n) is 5.56. The van der Waals surface area contributed by atoms with Crippen molar-refractivity contribution in [1.29, 1.82) is 0 Å². The molecular weight excluding hydrogens is 354 g/mol. The number of Topliss-reactive ketones (excluding diaryl/α,β-unsaturated/α-hetero) is 1. The molecule has 2 aromatic carbocycles. The molecule has 0 aromatic heterocycles. The summed E-state index contributed by atoms with van der Waals surface area (Å²) in [5, 5.41) is 19.7. The second kappa shape index (κ2) is 7.90. The first-order chi connectivity index (χ1) is 13.0. The van der Waals surface area contributed by atoms with Crippen molar-refractivity contribution < 1.29 is 29.0 Å². The molecule has 2 aromatic rings. The Bertz CT molecular complexity index is 905. The molecule has 1 heterocycles. The van der Waals surface area contributed by atoms with Gasteiger partial charge in [0.1, 0.15) is 11.5 Å². The van der Waals surface area contributed by atoms with Gasteiger partial charge in [0.05, 0.1) is 17.9 Å². The number of hydrogen-bond donors (Lipinski definition) is 1. The lowest BCUT2D eigenvalue weighted by Gasteiger charge is -2.21. The normalized spacial score (nSPS) is 13.9. The number of rotatable bonds is 6. The standard InChI is InChI=1S/C19H16NO7/c1-2-25-18(21)11-26-14-6-7-15-16(10-14)27-17(19(15)22)9-12-4-3-5-13(8-12)20(23)24/h3-10,23H,2,11H2,1H3/q-1. The predicted molar refractivity (Wildman–Crippen MR) is 95.6 cm³/mol. The number of ketones is 1. The van der Waals surface area contributed by atoms with E-state index in [0.29, 0.717) is 22.6 Å². The molecule has 140 valence electrons. The number of esters is 1. The summed E-state index contributed by atoms with van der Waals surface area (Å²) < 4.78 is 15.7. The van der Waals surface area contributed by atoms with E-state index >= 15 is 0 Å². The molecule has 0 aliphatic carbocycles. The molecule has 27 heavy (non-hydrogen) atoms. The van der Waals surface area contributed by atoms with Crippen LogP contribution in [0.4, 0.5) is 5.69 Å². The molecule has 0 unspecified atom stereocenters. The average Bonchev–Trinajstić information content (AvgIpc) is 2.95. The molecule has 0 spiro atoms. The number of carbonyl (C=O) groups excluding carboxylic acids is 2. The van der Waals surface area contributed by atoms with Crippen LogP contribution in [0, 0.1) is 5.21 Å². The Hall–Kier alpha value is -3.36. The van der Waals surface area contributed by atoms with Gasteiger partial charge in [-0.15, -0.1) is 0 Å². The van der Waals surface area contributed by atoms with E-state index in [1.807, 2.05) is 0 Å². The second-order valence-corrected chi connectivity index (χ2v) is 5.56. The number of carbonyl (C=O) groups is 2. The Kier molecular flexibility index (Phi) is 5.39. The zero-order chi connectivity index (χ0) is 19.4. The van der Waals surface area contributed by atoms with Crippen LogP contribution in [0.2, 0.25) is 0 Å². The van der Waals surface area contributed by atoms with E-state index in [4.69, 9.17) is 19.4 Å². The summed E-state index contributed by atoms with van der Waals surface area (Å²) in [6, 6.07) is 10.7. The lowest BCUT2D eigenvalue weighted by Crippen LogP contribution is -2.14. The van der Waals surface area contributed by atoms with Gasteiger partial charge in [-0.3, -0.25) is 10.0 Å². The van der Waals surface area contributed by atoms with Crippen molar-refractivity contribution in [2.45, 2.75) is 6.92 Å². The van der Waals surface area contributed by atoms with Gasteiger partial charge in [-0.2, -0.15) is 0 Å². The van der Waals surface area contributed by atoms with E-state index in [1.54, 1.807) is 31.2 Å². The highest BCUT2D eigenvalue weighted by atomic mass is 16.8. The molecule has 0 fully saturated rings. The van der Waals surface area contributed by atoms with Crippen molar-refractivity contribution >= 4 is 23.5 Å². The highest BCUT2D eigenvalue weighted by molar-refractivity contribution is 6.14. The molecule has 0 amide bonds. The predicted octanol–water partition coefficient (Wildman–Crippen LogP) is 2.94. The van der Waals surface area contributed by atoms with Crippen molar-refractivity contribution in [3.8, 4) is 11.5 Å². The third-order valence-corrected chi connectivity index (χ3v) is 3.69. The van der Waals surface area contributed by atoms with Crippen LogP contribution in [0.3, 0.4) is 0 Å². The minimum absolute atomic E-state index is 0.0296. The Labute approximate surface area is 154 Å². The number of nitrogens with zero attached hydrogens (tertiary/aromatic N) is 1. The zero-order valence-corrected chi connectivity index (χ0v) is 14.4. The average molecular weight is 370 g/mol. The summed E-state index contributed by atoms with van der Waals surface area (Å²) in [6.45, 7) is 1.72. The van der Waals surface area contributed by atoms with Crippen LogP contribution in [0.1, 0.15) is 22.8 Å². The van der Waals surface area contributed by atoms with Crippen LogP contribution in [-0.4, -0.2) is 30.2 Å². The van der Waals surface area contributed by atoms with Crippen molar-refractivity contribution in [2.75, 3.05) is 18.4 Å². The maximum Gasteiger partial charge on any atom is 0.344 e. The number of benzene rings is 2. The Morgan fingerprint density at radius 2 is 2.11 bits per heavy atom. The van der Waals surface area contributed by atoms with Gasteiger partial charge in [0.15, 0.2) is 12.4 Å². The maximum atomic E-state index is 12.5. The molecule has 0 atom stereocenters. The number of ether oxygens (including phenoxy) is 3. The van der Waals surface area contributed by atoms with Gasteiger partial charge >= 0.3 is 5.97 Å². The van der Waals surface area contributed by atoms with Crippen molar-refractivity contribution in [3.05, 3.63) is 64.6 Å². The Morgan fingerprint density at radius 1 is 1.30 bits per heavy atom. The smallest absolute Gasteiger partial charge is 0.344 e. The fourth-order valence-electron chi connectivity index (χ4n) is 2.49. The third kappa shape index (κ3) is 4.25. The Morgan fingerprint density at radius 3 is 2.85 bits per heavy atom. The van der Waals surface area contributed by atoms with Crippen molar-refractivity contribution in [1.82, 2.24) is 0 Å². The molecule has 8 heteroatoms. The van der Waals surface area contributed by atoms with Gasteiger partial charge in [-0.1, -0.05) is 12.1 Å². The highest BCUT2D eigenvalue weighted by Gasteiger charge is 2.27. The fourth-order valence-corrected chi connectivity index (χ4v) is 2.49. The fraction of sp³-hybridized carbons (Fsp3) is 0.158. The van der Waals surface area contributed by atoms with Crippen LogP contribution in [-0.2, 0) is 9.53 Å². The van der Waals surface area contributed by atoms with E-state index in [2.05, 4.69) is 0 Å². The van der Waals surface area contributed by atoms with E-state index < -0.39 is 5.97 Å². The zero-order valence-electron chi connectivity index (χ0n) is 14.4. The first kappa shape index (κ1) is 18.4. The summed E-state index contributed by atoms with van der Waals surface area (Å²) >= 11 is 0. The third-order valence-electron chi connectivity index (χ3n) is 3.69. The number of allylic oxidation sites excluding steroid dienone is 1. The molecule has 0 saturated heterocycles. The maximum absolute atomic E-state index is 12.5. The van der Waals surface area contributed by atoms with Gasteiger partial charge in [0, 0.05) is 6.07 Å². The van der Waals surface area contributed by atoms with Gasteiger partial charge in [-0.25, -0.2) is 4.79 Å². The first-order valence-corrected chi connectivity index (χ1v) is 8.11. The monoisotopic (exact) mass is 370 g/mol. The summed E-state index contributed by atoms with van der Waals surface area (Å²) in [5.74, 6) is -0.0846. The van der Waals surface area contributed by atoms with Crippen LogP contribution < -0.4 is 14.7 Å². The molecule has 8 nitrogen and oxygen atoms in total. The lowest BCUT2D eigenvalue weighted by molar-refractivity contribution is -0.145. The van der Waals surface area contributed by atoms with Crippen molar-refractivity contribution in [3.63, 3.8) is 0 Å². The largest absolute Gasteiger partial charge is 0.733 e. The van der Waals surface area contributed by atoms with Crippen LogP contribution >= 0.6 is 0 Å². The molecule has 0 radical (unpaired) electrons. The minimum Gasteiger partial charge on any atom is -0.733 e. The summed E-state index contributed by atoms with van der Waals surface area (Å²) in [6.07, 6.45) is 1.47. The molecular formula is C19H16NO7-. The summed E-state index contributed by atoms with van der Waals surface area (Å²) in [5.41, 5.74) is 0.896. The number of fused-ring (bicyclic) bond motifs is 1. The van der Waals surface area contributed by atoms with E-state index in [1.165, 1.54) is 24.3 Å². The number of hydrogen-bond acceptors (Lipinski definition) is 8. The minimum atomic E-state index is -0.494. The summed E-state index contributed by atoms with van der Waals surface area (Å²) in [7, 11) is 0. The molecule has 0 bridgehead atoms. The molecule has 3 rings (SSSR count).